The first-order valence-corrected chi connectivity index (χ1v) is 7.31. The van der Waals surface area contributed by atoms with Crippen LogP contribution in [0.15, 0.2) is 77.9 Å². The van der Waals surface area contributed by atoms with E-state index in [2.05, 4.69) is 15.0 Å². The predicted molar refractivity (Wildman–Crippen MR) is 91.0 cm³/mol. The first-order valence-electron chi connectivity index (χ1n) is 7.31. The van der Waals surface area contributed by atoms with Gasteiger partial charge in [0.25, 0.3) is 5.56 Å². The van der Waals surface area contributed by atoms with Gasteiger partial charge in [-0.1, -0.05) is 36.4 Å². The summed E-state index contributed by atoms with van der Waals surface area (Å²) in [5, 5.41) is 0.597. The largest absolute Gasteiger partial charge is 0.306 e. The lowest BCUT2D eigenvalue weighted by atomic mass is 10.0. The number of nitrogens with zero attached hydrogens (tertiary/aromatic N) is 2. The van der Waals surface area contributed by atoms with Gasteiger partial charge < -0.3 is 4.98 Å². The lowest BCUT2D eigenvalue weighted by Gasteiger charge is -2.06. The normalized spacial score (nSPS) is 10.8. The van der Waals surface area contributed by atoms with Gasteiger partial charge in [0.2, 0.25) is 0 Å². The third-order valence-electron chi connectivity index (χ3n) is 3.74. The van der Waals surface area contributed by atoms with Gasteiger partial charge in [-0.05, 0) is 29.8 Å². The van der Waals surface area contributed by atoms with E-state index in [4.69, 9.17) is 0 Å². The summed E-state index contributed by atoms with van der Waals surface area (Å²) in [5.74, 6) is 0.569. The van der Waals surface area contributed by atoms with Gasteiger partial charge >= 0.3 is 0 Å². The molecule has 4 nitrogen and oxygen atoms in total. The third kappa shape index (κ3) is 2.51. The van der Waals surface area contributed by atoms with Crippen molar-refractivity contribution in [3.63, 3.8) is 0 Å². The van der Waals surface area contributed by atoms with E-state index >= 15 is 0 Å². The fourth-order valence-corrected chi connectivity index (χ4v) is 2.60. The average Bonchev–Trinajstić information content (AvgIpc) is 2.62. The molecule has 0 amide bonds. The van der Waals surface area contributed by atoms with Gasteiger partial charge in [-0.3, -0.25) is 9.78 Å². The summed E-state index contributed by atoms with van der Waals surface area (Å²) in [7, 11) is 0. The van der Waals surface area contributed by atoms with Crippen LogP contribution in [0.1, 0.15) is 0 Å². The lowest BCUT2D eigenvalue weighted by Crippen LogP contribution is -2.09. The number of para-hydroxylation sites is 1. The van der Waals surface area contributed by atoms with E-state index in [0.717, 1.165) is 16.7 Å². The fourth-order valence-electron chi connectivity index (χ4n) is 2.60. The second kappa shape index (κ2) is 5.50. The zero-order valence-corrected chi connectivity index (χ0v) is 12.2. The molecule has 0 atom stereocenters. The summed E-state index contributed by atoms with van der Waals surface area (Å²) in [6.45, 7) is 0. The van der Waals surface area contributed by atoms with Crippen LogP contribution in [-0.4, -0.2) is 15.0 Å². The van der Waals surface area contributed by atoms with Crippen molar-refractivity contribution < 1.29 is 0 Å². The summed E-state index contributed by atoms with van der Waals surface area (Å²) >= 11 is 0. The molecule has 0 saturated heterocycles. The van der Waals surface area contributed by atoms with Gasteiger partial charge in [0.15, 0.2) is 0 Å². The van der Waals surface area contributed by atoms with Crippen molar-refractivity contribution in [3.05, 3.63) is 83.4 Å². The number of nitrogens with one attached hydrogen (secondary N) is 1. The second-order valence-electron chi connectivity index (χ2n) is 5.25. The molecule has 0 unspecified atom stereocenters. The van der Waals surface area contributed by atoms with Crippen LogP contribution < -0.4 is 5.56 Å². The molecule has 23 heavy (non-hydrogen) atoms. The molecule has 0 fully saturated rings. The molecule has 0 aliphatic carbocycles. The van der Waals surface area contributed by atoms with Crippen LogP contribution in [0.2, 0.25) is 0 Å². The topological polar surface area (TPSA) is 58.6 Å². The monoisotopic (exact) mass is 299 g/mol. The number of hydrogen-bond acceptors (Lipinski definition) is 3. The molecule has 0 bridgehead atoms. The maximum absolute atomic E-state index is 12.2. The summed E-state index contributed by atoms with van der Waals surface area (Å²) in [6.07, 6.45) is 3.56. The number of fused-ring (bicyclic) bond motifs is 1. The summed E-state index contributed by atoms with van der Waals surface area (Å²) in [5.41, 5.74) is 3.49. The van der Waals surface area contributed by atoms with Crippen LogP contribution in [-0.2, 0) is 0 Å². The number of aromatic nitrogens is 3. The fraction of sp³-hybridized carbons (Fsp3) is 0. The van der Waals surface area contributed by atoms with E-state index in [1.54, 1.807) is 12.3 Å². The molecule has 0 aliphatic rings. The number of hydrogen-bond donors (Lipinski definition) is 1. The maximum atomic E-state index is 12.2. The van der Waals surface area contributed by atoms with Crippen LogP contribution in [0.3, 0.4) is 0 Å². The Kier molecular flexibility index (Phi) is 3.20. The Morgan fingerprint density at radius 3 is 2.52 bits per heavy atom. The van der Waals surface area contributed by atoms with Gasteiger partial charge in [0.1, 0.15) is 5.82 Å². The highest BCUT2D eigenvalue weighted by atomic mass is 16.1. The Bertz CT molecular complexity index is 1040. The molecule has 2 heterocycles. The quantitative estimate of drug-likeness (QED) is 0.614. The lowest BCUT2D eigenvalue weighted by molar-refractivity contribution is 1.18. The van der Waals surface area contributed by atoms with Crippen LogP contribution in [0.25, 0.3) is 33.4 Å². The molecule has 4 rings (SSSR count). The summed E-state index contributed by atoms with van der Waals surface area (Å²) in [4.78, 5) is 23.8. The molecule has 1 N–H and O–H groups in total. The van der Waals surface area contributed by atoms with E-state index in [0.29, 0.717) is 16.7 Å². The van der Waals surface area contributed by atoms with Crippen molar-refractivity contribution in [3.8, 4) is 22.5 Å². The van der Waals surface area contributed by atoms with E-state index in [1.807, 2.05) is 60.8 Å². The molecule has 0 spiro atoms. The Morgan fingerprint density at radius 2 is 1.65 bits per heavy atom. The number of pyridine rings is 1. The SMILES string of the molecule is O=c1[nH]c(-c2cccc(-c3cccnc3)c2)nc2ccccc12. The van der Waals surface area contributed by atoms with Gasteiger partial charge in [-0.2, -0.15) is 0 Å². The van der Waals surface area contributed by atoms with Crippen LogP contribution >= 0.6 is 0 Å². The second-order valence-corrected chi connectivity index (χ2v) is 5.25. The number of benzene rings is 2. The van der Waals surface area contributed by atoms with Gasteiger partial charge in [0, 0.05) is 23.5 Å². The Hall–Kier alpha value is -3.27. The molecule has 4 heteroatoms. The van der Waals surface area contributed by atoms with Crippen LogP contribution in [0.5, 0.6) is 0 Å². The van der Waals surface area contributed by atoms with Gasteiger partial charge in [-0.15, -0.1) is 0 Å². The first kappa shape index (κ1) is 13.4. The highest BCUT2D eigenvalue weighted by Gasteiger charge is 2.07. The molecule has 4 aromatic rings. The minimum absolute atomic E-state index is 0.127. The summed E-state index contributed by atoms with van der Waals surface area (Å²) < 4.78 is 0. The molecule has 2 aromatic heterocycles. The molecular weight excluding hydrogens is 286 g/mol. The van der Waals surface area contributed by atoms with Crippen molar-refractivity contribution >= 4 is 10.9 Å². The Morgan fingerprint density at radius 1 is 0.826 bits per heavy atom. The average molecular weight is 299 g/mol. The van der Waals surface area contributed by atoms with Crippen molar-refractivity contribution in [2.75, 3.05) is 0 Å². The van der Waals surface area contributed by atoms with Gasteiger partial charge in [-0.25, -0.2) is 4.98 Å². The predicted octanol–water partition coefficient (Wildman–Crippen LogP) is 3.65. The number of H-pyrrole nitrogens is 1. The zero-order valence-electron chi connectivity index (χ0n) is 12.2. The minimum atomic E-state index is -0.127. The molecule has 2 aromatic carbocycles. The van der Waals surface area contributed by atoms with Crippen LogP contribution in [0.4, 0.5) is 0 Å². The van der Waals surface area contributed by atoms with Crippen molar-refractivity contribution in [1.29, 1.82) is 0 Å². The molecular formula is C19H13N3O. The highest BCUT2D eigenvalue weighted by Crippen LogP contribution is 2.24. The highest BCUT2D eigenvalue weighted by molar-refractivity contribution is 5.80. The Balaban J connectivity index is 1.87. The smallest absolute Gasteiger partial charge is 0.259 e. The number of aromatic amines is 1. The maximum Gasteiger partial charge on any atom is 0.259 e. The van der Waals surface area contributed by atoms with Crippen LogP contribution in [0, 0.1) is 0 Å². The molecule has 0 radical (unpaired) electrons. The van der Waals surface area contributed by atoms with E-state index in [-0.39, 0.29) is 5.56 Å². The molecule has 0 saturated carbocycles. The van der Waals surface area contributed by atoms with Crippen molar-refractivity contribution in [2.45, 2.75) is 0 Å². The summed E-state index contributed by atoms with van der Waals surface area (Å²) in [6, 6.07) is 19.1. The third-order valence-corrected chi connectivity index (χ3v) is 3.74. The first-order chi connectivity index (χ1) is 11.3. The van der Waals surface area contributed by atoms with E-state index in [9.17, 15) is 4.79 Å². The van der Waals surface area contributed by atoms with Crippen molar-refractivity contribution in [2.24, 2.45) is 0 Å². The minimum Gasteiger partial charge on any atom is -0.306 e. The van der Waals surface area contributed by atoms with Crippen molar-refractivity contribution in [1.82, 2.24) is 15.0 Å². The standard InChI is InChI=1S/C19H13N3O/c23-19-16-8-1-2-9-17(16)21-18(22-19)14-6-3-5-13(11-14)15-7-4-10-20-12-15/h1-12H,(H,21,22,23). The zero-order chi connectivity index (χ0) is 15.6. The van der Waals surface area contributed by atoms with Gasteiger partial charge in [0.05, 0.1) is 10.9 Å². The number of rotatable bonds is 2. The molecule has 110 valence electrons. The Labute approximate surface area is 132 Å². The van der Waals surface area contributed by atoms with E-state index < -0.39 is 0 Å². The molecule has 0 aliphatic heterocycles. The van der Waals surface area contributed by atoms with E-state index in [1.165, 1.54) is 0 Å².